The summed E-state index contributed by atoms with van der Waals surface area (Å²) in [5, 5.41) is 9.58. The van der Waals surface area contributed by atoms with E-state index in [2.05, 4.69) is 66.3 Å². The highest BCUT2D eigenvalue weighted by molar-refractivity contribution is 7.80. The van der Waals surface area contributed by atoms with Gasteiger partial charge in [-0.05, 0) is 41.6 Å². The van der Waals surface area contributed by atoms with Gasteiger partial charge in [0.2, 0.25) is 0 Å². The zero-order chi connectivity index (χ0) is 15.1. The van der Waals surface area contributed by atoms with Gasteiger partial charge in [0.1, 0.15) is 0 Å². The van der Waals surface area contributed by atoms with Crippen LogP contribution in [-0.2, 0) is 6.42 Å². The highest BCUT2D eigenvalue weighted by atomic mass is 32.1. The summed E-state index contributed by atoms with van der Waals surface area (Å²) in [6.07, 6.45) is 0.980. The third-order valence-corrected chi connectivity index (χ3v) is 4.56. The Morgan fingerprint density at radius 3 is 2.52 bits per heavy atom. The summed E-state index contributed by atoms with van der Waals surface area (Å²) in [6, 6.07) is 15.0. The molecule has 4 heteroatoms. The first-order valence-corrected chi connectivity index (χ1v) is 8.57. The SMILES string of the molecule is CC(C)[C@H](NC(=S)NCCc1ccccc1)c1cccs1. The van der Waals surface area contributed by atoms with Crippen LogP contribution in [0.25, 0.3) is 0 Å². The summed E-state index contributed by atoms with van der Waals surface area (Å²) in [6.45, 7) is 5.28. The molecule has 0 aliphatic carbocycles. The van der Waals surface area contributed by atoms with Gasteiger partial charge in [-0.25, -0.2) is 0 Å². The van der Waals surface area contributed by atoms with Crippen molar-refractivity contribution in [2.45, 2.75) is 26.3 Å². The van der Waals surface area contributed by atoms with Crippen molar-refractivity contribution in [2.24, 2.45) is 5.92 Å². The van der Waals surface area contributed by atoms with Crippen LogP contribution < -0.4 is 10.6 Å². The number of hydrogen-bond acceptors (Lipinski definition) is 2. The number of thiocarbonyl (C=S) groups is 1. The Kier molecular flexibility index (Phi) is 6.21. The van der Waals surface area contributed by atoms with Crippen molar-refractivity contribution >= 4 is 28.7 Å². The highest BCUT2D eigenvalue weighted by Crippen LogP contribution is 2.25. The molecule has 2 aromatic rings. The summed E-state index contributed by atoms with van der Waals surface area (Å²) in [4.78, 5) is 1.33. The maximum absolute atomic E-state index is 5.42. The molecule has 1 heterocycles. The molecule has 0 spiro atoms. The Balaban J connectivity index is 1.80. The molecule has 1 atom stereocenters. The lowest BCUT2D eigenvalue weighted by molar-refractivity contribution is 0.475. The van der Waals surface area contributed by atoms with Crippen molar-refractivity contribution in [1.29, 1.82) is 0 Å². The van der Waals surface area contributed by atoms with Gasteiger partial charge in [0.25, 0.3) is 0 Å². The van der Waals surface area contributed by atoms with Gasteiger partial charge in [0.05, 0.1) is 6.04 Å². The molecule has 0 aliphatic heterocycles. The third kappa shape index (κ3) is 5.14. The number of hydrogen-bond donors (Lipinski definition) is 2. The van der Waals surface area contributed by atoms with E-state index in [-0.39, 0.29) is 6.04 Å². The smallest absolute Gasteiger partial charge is 0.166 e. The Labute approximate surface area is 136 Å². The van der Waals surface area contributed by atoms with Crippen LogP contribution in [0.2, 0.25) is 0 Å². The van der Waals surface area contributed by atoms with Gasteiger partial charge in [-0.3, -0.25) is 0 Å². The van der Waals surface area contributed by atoms with Crippen LogP contribution in [0.15, 0.2) is 47.8 Å². The van der Waals surface area contributed by atoms with Gasteiger partial charge in [-0.15, -0.1) is 11.3 Å². The fourth-order valence-corrected chi connectivity index (χ4v) is 3.37. The maximum Gasteiger partial charge on any atom is 0.166 e. The van der Waals surface area contributed by atoms with Gasteiger partial charge in [0.15, 0.2) is 5.11 Å². The second-order valence-corrected chi connectivity index (χ2v) is 6.76. The van der Waals surface area contributed by atoms with E-state index >= 15 is 0 Å². The number of benzene rings is 1. The molecule has 112 valence electrons. The van der Waals surface area contributed by atoms with Crippen molar-refractivity contribution in [1.82, 2.24) is 10.6 Å². The van der Waals surface area contributed by atoms with Crippen LogP contribution in [-0.4, -0.2) is 11.7 Å². The molecule has 1 aromatic carbocycles. The van der Waals surface area contributed by atoms with Gasteiger partial charge in [-0.1, -0.05) is 50.2 Å². The Bertz CT molecular complexity index is 535. The summed E-state index contributed by atoms with van der Waals surface area (Å²) in [5.41, 5.74) is 1.33. The summed E-state index contributed by atoms with van der Waals surface area (Å²) in [7, 11) is 0. The fraction of sp³-hybridized carbons (Fsp3) is 0.353. The molecule has 0 unspecified atom stereocenters. The number of nitrogens with one attached hydrogen (secondary N) is 2. The molecule has 2 rings (SSSR count). The zero-order valence-electron chi connectivity index (χ0n) is 12.5. The molecule has 0 saturated heterocycles. The van der Waals surface area contributed by atoms with Gasteiger partial charge in [0, 0.05) is 11.4 Å². The molecule has 0 aliphatic rings. The average molecular weight is 319 g/mol. The van der Waals surface area contributed by atoms with Gasteiger partial charge < -0.3 is 10.6 Å². The minimum Gasteiger partial charge on any atom is -0.362 e. The predicted molar refractivity (Wildman–Crippen MR) is 95.8 cm³/mol. The summed E-state index contributed by atoms with van der Waals surface area (Å²) in [5.74, 6) is 0.498. The van der Waals surface area contributed by atoms with Crippen LogP contribution in [0.1, 0.15) is 30.3 Å². The zero-order valence-corrected chi connectivity index (χ0v) is 14.1. The molecule has 21 heavy (non-hydrogen) atoms. The highest BCUT2D eigenvalue weighted by Gasteiger charge is 2.17. The average Bonchev–Trinajstić information content (AvgIpc) is 2.99. The third-order valence-electron chi connectivity index (χ3n) is 3.35. The van der Waals surface area contributed by atoms with Crippen LogP contribution in [0.5, 0.6) is 0 Å². The van der Waals surface area contributed by atoms with Gasteiger partial charge in [-0.2, -0.15) is 0 Å². The van der Waals surface area contributed by atoms with Crippen LogP contribution >= 0.6 is 23.6 Å². The van der Waals surface area contributed by atoms with E-state index in [1.165, 1.54) is 10.4 Å². The van der Waals surface area contributed by atoms with E-state index in [9.17, 15) is 0 Å². The van der Waals surface area contributed by atoms with E-state index in [1.807, 2.05) is 6.07 Å². The first-order valence-electron chi connectivity index (χ1n) is 7.28. The summed E-state index contributed by atoms with van der Waals surface area (Å²) < 4.78 is 0. The standard InChI is InChI=1S/C17H22N2S2/c1-13(2)16(15-9-6-12-21-15)19-17(20)18-11-10-14-7-4-3-5-8-14/h3-9,12-13,16H,10-11H2,1-2H3,(H2,18,19,20)/t16-/m0/s1. The maximum atomic E-state index is 5.42. The molecule has 0 saturated carbocycles. The van der Waals surface area contributed by atoms with Crippen LogP contribution in [0.4, 0.5) is 0 Å². The first kappa shape index (κ1) is 16.0. The summed E-state index contributed by atoms with van der Waals surface area (Å²) >= 11 is 7.19. The van der Waals surface area contributed by atoms with Crippen molar-refractivity contribution in [2.75, 3.05) is 6.54 Å². The van der Waals surface area contributed by atoms with Crippen molar-refractivity contribution in [3.05, 3.63) is 58.3 Å². The molecule has 0 bridgehead atoms. The molecule has 0 fully saturated rings. The second kappa shape index (κ2) is 8.15. The molecular weight excluding hydrogens is 296 g/mol. The largest absolute Gasteiger partial charge is 0.362 e. The lowest BCUT2D eigenvalue weighted by Crippen LogP contribution is -2.40. The quantitative estimate of drug-likeness (QED) is 0.782. The van der Waals surface area contributed by atoms with E-state index in [0.717, 1.165) is 18.1 Å². The predicted octanol–water partition coefficient (Wildman–Crippen LogP) is 4.15. The Morgan fingerprint density at radius 1 is 1.14 bits per heavy atom. The van der Waals surface area contributed by atoms with Crippen molar-refractivity contribution in [3.63, 3.8) is 0 Å². The molecule has 1 aromatic heterocycles. The lowest BCUT2D eigenvalue weighted by Gasteiger charge is -2.23. The van der Waals surface area contributed by atoms with Crippen LogP contribution in [0, 0.1) is 5.92 Å². The van der Waals surface area contributed by atoms with Crippen LogP contribution in [0.3, 0.4) is 0 Å². The Hall–Kier alpha value is -1.39. The van der Waals surface area contributed by atoms with E-state index in [1.54, 1.807) is 11.3 Å². The van der Waals surface area contributed by atoms with E-state index < -0.39 is 0 Å². The molecule has 0 amide bonds. The minimum atomic E-state index is 0.279. The van der Waals surface area contributed by atoms with E-state index in [0.29, 0.717) is 5.92 Å². The number of rotatable bonds is 6. The van der Waals surface area contributed by atoms with E-state index in [4.69, 9.17) is 12.2 Å². The molecule has 0 radical (unpaired) electrons. The molecule has 2 N–H and O–H groups in total. The second-order valence-electron chi connectivity index (χ2n) is 5.37. The minimum absolute atomic E-state index is 0.279. The topological polar surface area (TPSA) is 24.1 Å². The molecule has 2 nitrogen and oxygen atoms in total. The first-order chi connectivity index (χ1) is 10.2. The van der Waals surface area contributed by atoms with Crippen molar-refractivity contribution in [3.8, 4) is 0 Å². The Morgan fingerprint density at radius 2 is 1.90 bits per heavy atom. The lowest BCUT2D eigenvalue weighted by atomic mass is 10.0. The number of thiophene rings is 1. The fourth-order valence-electron chi connectivity index (χ4n) is 2.19. The van der Waals surface area contributed by atoms with Gasteiger partial charge >= 0.3 is 0 Å². The van der Waals surface area contributed by atoms with Crippen molar-refractivity contribution < 1.29 is 0 Å². The monoisotopic (exact) mass is 318 g/mol. The molecular formula is C17H22N2S2. The normalized spacial score (nSPS) is 12.1.